The molecule has 1 fully saturated rings. The Morgan fingerprint density at radius 1 is 1.39 bits per heavy atom. The van der Waals surface area contributed by atoms with Crippen molar-refractivity contribution in [1.29, 1.82) is 0 Å². The van der Waals surface area contributed by atoms with E-state index >= 15 is 0 Å². The van der Waals surface area contributed by atoms with Gasteiger partial charge in [0.2, 0.25) is 0 Å². The highest BCUT2D eigenvalue weighted by Crippen LogP contribution is 2.43. The standard InChI is InChI=1S/C9H8BrN3O2S3/c10-6-3-12-17-8(6)18(14,15)13-9-11-4-7(16-9)5-1-2-5/h3-5H,1-2H2,(H,11,13). The summed E-state index contributed by atoms with van der Waals surface area (Å²) in [4.78, 5) is 5.25. The monoisotopic (exact) mass is 365 g/mol. The van der Waals surface area contributed by atoms with E-state index in [1.54, 1.807) is 6.20 Å². The first-order valence-corrected chi connectivity index (χ1v) is 9.01. The summed E-state index contributed by atoms with van der Waals surface area (Å²) in [6.07, 6.45) is 5.57. The normalized spacial score (nSPS) is 15.8. The predicted molar refractivity (Wildman–Crippen MR) is 74.7 cm³/mol. The van der Waals surface area contributed by atoms with Gasteiger partial charge in [-0.15, -0.1) is 11.3 Å². The van der Waals surface area contributed by atoms with Crippen LogP contribution in [-0.2, 0) is 10.0 Å². The van der Waals surface area contributed by atoms with E-state index in [-0.39, 0.29) is 4.21 Å². The van der Waals surface area contributed by atoms with Gasteiger partial charge in [0.1, 0.15) is 0 Å². The maximum atomic E-state index is 12.1. The number of halogens is 1. The van der Waals surface area contributed by atoms with Crippen molar-refractivity contribution < 1.29 is 8.42 Å². The molecule has 0 amide bonds. The molecule has 0 atom stereocenters. The summed E-state index contributed by atoms with van der Waals surface area (Å²) in [6, 6.07) is 0. The Bertz CT molecular complexity index is 675. The van der Waals surface area contributed by atoms with Crippen LogP contribution in [0.2, 0.25) is 0 Å². The molecule has 0 aromatic carbocycles. The van der Waals surface area contributed by atoms with E-state index in [9.17, 15) is 8.42 Å². The molecule has 0 unspecified atom stereocenters. The van der Waals surface area contributed by atoms with Crippen LogP contribution in [0.15, 0.2) is 21.1 Å². The van der Waals surface area contributed by atoms with Gasteiger partial charge in [0.05, 0.1) is 10.7 Å². The Morgan fingerprint density at radius 2 is 2.17 bits per heavy atom. The van der Waals surface area contributed by atoms with Gasteiger partial charge in [0.15, 0.2) is 9.34 Å². The van der Waals surface area contributed by atoms with Crippen molar-refractivity contribution in [2.24, 2.45) is 0 Å². The van der Waals surface area contributed by atoms with Gasteiger partial charge in [-0.25, -0.2) is 13.4 Å². The molecule has 1 N–H and O–H groups in total. The molecular weight excluding hydrogens is 358 g/mol. The van der Waals surface area contributed by atoms with Gasteiger partial charge in [0.25, 0.3) is 10.0 Å². The van der Waals surface area contributed by atoms with Crippen LogP contribution in [-0.4, -0.2) is 17.8 Å². The average Bonchev–Trinajstić information content (AvgIpc) is 2.90. The van der Waals surface area contributed by atoms with Gasteiger partial charge in [-0.05, 0) is 46.2 Å². The highest BCUT2D eigenvalue weighted by molar-refractivity contribution is 9.10. The zero-order valence-corrected chi connectivity index (χ0v) is 13.0. The number of anilines is 1. The largest absolute Gasteiger partial charge is 0.275 e. The Hall–Kier alpha value is -0.510. The summed E-state index contributed by atoms with van der Waals surface area (Å²) in [6.45, 7) is 0. The second kappa shape index (κ2) is 4.55. The molecule has 3 rings (SSSR count). The first-order chi connectivity index (χ1) is 8.56. The number of hydrogen-bond acceptors (Lipinski definition) is 6. The Balaban J connectivity index is 1.84. The average molecular weight is 366 g/mol. The molecule has 0 spiro atoms. The minimum Gasteiger partial charge on any atom is -0.254 e. The molecule has 0 saturated heterocycles. The second-order valence-corrected chi connectivity index (χ2v) is 8.50. The number of thiazole rings is 1. The number of nitrogens with one attached hydrogen (secondary N) is 1. The van der Waals surface area contributed by atoms with Crippen LogP contribution in [0.5, 0.6) is 0 Å². The first kappa shape index (κ1) is 12.5. The molecule has 96 valence electrons. The number of sulfonamides is 1. The summed E-state index contributed by atoms with van der Waals surface area (Å²) in [5, 5.41) is 0.414. The Labute approximate surface area is 121 Å². The second-order valence-electron chi connectivity index (χ2n) is 3.91. The minimum atomic E-state index is -3.59. The zero-order valence-electron chi connectivity index (χ0n) is 8.96. The minimum absolute atomic E-state index is 0.172. The van der Waals surface area contributed by atoms with Crippen LogP contribution in [0.4, 0.5) is 5.13 Å². The predicted octanol–water partition coefficient (Wildman–Crippen LogP) is 3.04. The van der Waals surface area contributed by atoms with Gasteiger partial charge in [-0.3, -0.25) is 4.72 Å². The van der Waals surface area contributed by atoms with Gasteiger partial charge in [-0.2, -0.15) is 4.37 Å². The van der Waals surface area contributed by atoms with Gasteiger partial charge in [0, 0.05) is 11.1 Å². The first-order valence-electron chi connectivity index (χ1n) is 5.15. The van der Waals surface area contributed by atoms with Crippen LogP contribution in [0.25, 0.3) is 0 Å². The zero-order chi connectivity index (χ0) is 12.8. The third kappa shape index (κ3) is 2.44. The van der Waals surface area contributed by atoms with Crippen molar-refractivity contribution in [2.75, 3.05) is 4.72 Å². The lowest BCUT2D eigenvalue weighted by atomic mass is 10.4. The van der Waals surface area contributed by atoms with Crippen LogP contribution < -0.4 is 4.72 Å². The van der Waals surface area contributed by atoms with Crippen molar-refractivity contribution >= 4 is 54.0 Å². The lowest BCUT2D eigenvalue weighted by Gasteiger charge is -2.01. The Morgan fingerprint density at radius 3 is 2.78 bits per heavy atom. The van der Waals surface area contributed by atoms with Crippen molar-refractivity contribution in [3.63, 3.8) is 0 Å². The third-order valence-electron chi connectivity index (χ3n) is 2.47. The van der Waals surface area contributed by atoms with E-state index in [1.165, 1.54) is 30.4 Å². The lowest BCUT2D eigenvalue weighted by Crippen LogP contribution is -2.11. The van der Waals surface area contributed by atoms with Crippen LogP contribution >= 0.6 is 38.8 Å². The molecule has 0 radical (unpaired) electrons. The lowest BCUT2D eigenvalue weighted by molar-refractivity contribution is 0.603. The van der Waals surface area contributed by atoms with E-state index in [1.807, 2.05) is 0 Å². The molecule has 9 heteroatoms. The third-order valence-corrected chi connectivity index (χ3v) is 7.44. The molecule has 2 aromatic rings. The van der Waals surface area contributed by atoms with Gasteiger partial charge < -0.3 is 0 Å². The smallest absolute Gasteiger partial charge is 0.254 e. The van der Waals surface area contributed by atoms with Gasteiger partial charge in [-0.1, -0.05) is 0 Å². The fraction of sp³-hybridized carbons (Fsp3) is 0.333. The summed E-state index contributed by atoms with van der Waals surface area (Å²) < 4.78 is 31.1. The molecule has 2 heterocycles. The fourth-order valence-corrected chi connectivity index (χ4v) is 5.60. The molecule has 0 aliphatic heterocycles. The number of hydrogen-bond donors (Lipinski definition) is 1. The van der Waals surface area contributed by atoms with E-state index in [4.69, 9.17) is 0 Å². The number of nitrogens with zero attached hydrogens (tertiary/aromatic N) is 2. The Kier molecular flexibility index (Phi) is 3.16. The molecule has 5 nitrogen and oxygen atoms in total. The molecular formula is C9H8BrN3O2S3. The SMILES string of the molecule is O=S(=O)(Nc1ncc(C2CC2)s1)c1sncc1Br. The van der Waals surface area contributed by atoms with Gasteiger partial charge >= 0.3 is 0 Å². The van der Waals surface area contributed by atoms with Crippen molar-refractivity contribution in [2.45, 2.75) is 23.0 Å². The molecule has 1 saturated carbocycles. The van der Waals surface area contributed by atoms with Crippen LogP contribution in [0.3, 0.4) is 0 Å². The maximum Gasteiger partial charge on any atom is 0.275 e. The fourth-order valence-electron chi connectivity index (χ4n) is 1.45. The molecule has 18 heavy (non-hydrogen) atoms. The summed E-state index contributed by atoms with van der Waals surface area (Å²) in [5.41, 5.74) is 0. The quantitative estimate of drug-likeness (QED) is 0.903. The topological polar surface area (TPSA) is 72.0 Å². The maximum absolute atomic E-state index is 12.1. The molecule has 1 aliphatic carbocycles. The highest BCUT2D eigenvalue weighted by atomic mass is 79.9. The van der Waals surface area contributed by atoms with Crippen molar-refractivity contribution in [3.8, 4) is 0 Å². The van der Waals surface area contributed by atoms with Crippen LogP contribution in [0, 0.1) is 0 Å². The summed E-state index contributed by atoms with van der Waals surface area (Å²) in [7, 11) is -3.59. The van der Waals surface area contributed by atoms with E-state index in [0.717, 1.165) is 16.4 Å². The molecule has 0 bridgehead atoms. The molecule has 1 aliphatic rings. The van der Waals surface area contributed by atoms with Crippen molar-refractivity contribution in [3.05, 3.63) is 21.7 Å². The van der Waals surface area contributed by atoms with E-state index in [2.05, 4.69) is 30.0 Å². The van der Waals surface area contributed by atoms with E-state index < -0.39 is 10.0 Å². The summed E-state index contributed by atoms with van der Waals surface area (Å²) >= 11 is 5.50. The molecule has 2 aromatic heterocycles. The number of aromatic nitrogens is 2. The number of rotatable bonds is 4. The van der Waals surface area contributed by atoms with E-state index in [0.29, 0.717) is 15.5 Å². The highest BCUT2D eigenvalue weighted by Gasteiger charge is 2.27. The van der Waals surface area contributed by atoms with Crippen LogP contribution in [0.1, 0.15) is 23.6 Å². The summed E-state index contributed by atoms with van der Waals surface area (Å²) in [5.74, 6) is 0.580. The van der Waals surface area contributed by atoms with Crippen molar-refractivity contribution in [1.82, 2.24) is 9.36 Å².